The highest BCUT2D eigenvalue weighted by Crippen LogP contribution is 2.18. The molecule has 12 heavy (non-hydrogen) atoms. The molecule has 5 heteroatoms. The largest absolute Gasteiger partial charge is 0.417 e. The lowest BCUT2D eigenvalue weighted by Gasteiger charge is -1.95. The number of carbonyl (C=O) groups is 1. The fraction of sp³-hybridized carbons (Fsp3) is 0.571. The van der Waals surface area contributed by atoms with E-state index in [-0.39, 0.29) is 11.8 Å². The lowest BCUT2D eigenvalue weighted by Crippen LogP contribution is -2.25. The van der Waals surface area contributed by atoms with E-state index in [4.69, 9.17) is 4.42 Å². The van der Waals surface area contributed by atoms with Crippen molar-refractivity contribution in [2.75, 3.05) is 0 Å². The van der Waals surface area contributed by atoms with Gasteiger partial charge in [-0.15, -0.1) is 10.2 Å². The van der Waals surface area contributed by atoms with Crippen molar-refractivity contribution < 1.29 is 9.21 Å². The van der Waals surface area contributed by atoms with Crippen LogP contribution >= 0.6 is 0 Å². The minimum atomic E-state index is -0.266. The van der Waals surface area contributed by atoms with E-state index in [2.05, 4.69) is 15.5 Å². The minimum Gasteiger partial charge on any atom is -0.417 e. The number of amides is 1. The molecule has 64 valence electrons. The van der Waals surface area contributed by atoms with Gasteiger partial charge in [0.2, 0.25) is 5.89 Å². The zero-order chi connectivity index (χ0) is 8.55. The number of nitrogens with zero attached hydrogens (tertiary/aromatic N) is 2. The first-order valence-corrected chi connectivity index (χ1v) is 3.86. The predicted octanol–water partition coefficient (Wildman–Crippen LogP) is 0.270. The first-order valence-electron chi connectivity index (χ1n) is 3.86. The maximum atomic E-state index is 11.2. The van der Waals surface area contributed by atoms with Crippen molar-refractivity contribution in [2.24, 2.45) is 0 Å². The Kier molecular flexibility index (Phi) is 1.56. The van der Waals surface area contributed by atoms with Crippen LogP contribution in [0.25, 0.3) is 0 Å². The van der Waals surface area contributed by atoms with Gasteiger partial charge in [0.25, 0.3) is 0 Å². The molecule has 1 aliphatic carbocycles. The molecule has 0 atom stereocenters. The molecule has 0 saturated heterocycles. The van der Waals surface area contributed by atoms with Crippen LogP contribution in [0.4, 0.5) is 0 Å². The molecule has 0 bridgehead atoms. The maximum Gasteiger partial charge on any atom is 0.309 e. The van der Waals surface area contributed by atoms with Crippen molar-refractivity contribution in [3.05, 3.63) is 11.8 Å². The summed E-state index contributed by atoms with van der Waals surface area (Å²) in [7, 11) is 0. The number of hydrogen-bond donors (Lipinski definition) is 1. The average Bonchev–Trinajstić information content (AvgIpc) is 2.72. The summed E-state index contributed by atoms with van der Waals surface area (Å²) in [5, 5.41) is 9.90. The Morgan fingerprint density at radius 1 is 1.58 bits per heavy atom. The summed E-state index contributed by atoms with van der Waals surface area (Å²) in [6.07, 6.45) is 2.11. The molecule has 1 aliphatic rings. The quantitative estimate of drug-likeness (QED) is 0.686. The van der Waals surface area contributed by atoms with E-state index >= 15 is 0 Å². The predicted molar refractivity (Wildman–Crippen MR) is 39.5 cm³/mol. The summed E-state index contributed by atoms with van der Waals surface area (Å²) in [5.74, 6) is 0.202. The number of rotatable bonds is 2. The fourth-order valence-electron chi connectivity index (χ4n) is 0.863. The Morgan fingerprint density at radius 3 is 2.83 bits per heavy atom. The van der Waals surface area contributed by atoms with Crippen LogP contribution in [0.15, 0.2) is 4.42 Å². The molecule has 1 aromatic rings. The lowest BCUT2D eigenvalue weighted by atomic mass is 10.5. The zero-order valence-corrected chi connectivity index (χ0v) is 6.70. The van der Waals surface area contributed by atoms with Gasteiger partial charge in [0, 0.05) is 13.0 Å². The van der Waals surface area contributed by atoms with Crippen LogP contribution in [0.3, 0.4) is 0 Å². The van der Waals surface area contributed by atoms with Crippen molar-refractivity contribution in [1.29, 1.82) is 0 Å². The standard InChI is InChI=1S/C7H9N3O2/c1-4-9-10-7(12-4)6(11)8-5-2-3-5/h5H,2-3H2,1H3,(H,8,11). The Hall–Kier alpha value is -1.39. The van der Waals surface area contributed by atoms with Crippen molar-refractivity contribution in [2.45, 2.75) is 25.8 Å². The Bertz CT molecular complexity index is 303. The van der Waals surface area contributed by atoms with E-state index in [0.717, 1.165) is 12.8 Å². The summed E-state index contributed by atoms with van der Waals surface area (Å²) in [4.78, 5) is 11.2. The first kappa shape index (κ1) is 7.27. The monoisotopic (exact) mass is 167 g/mol. The van der Waals surface area contributed by atoms with E-state index in [1.807, 2.05) is 0 Å². The number of hydrogen-bond acceptors (Lipinski definition) is 4. The van der Waals surface area contributed by atoms with Gasteiger partial charge in [-0.05, 0) is 12.8 Å². The van der Waals surface area contributed by atoms with Gasteiger partial charge in [0.05, 0.1) is 0 Å². The number of nitrogens with one attached hydrogen (secondary N) is 1. The van der Waals surface area contributed by atoms with E-state index in [1.165, 1.54) is 0 Å². The zero-order valence-electron chi connectivity index (χ0n) is 6.70. The van der Waals surface area contributed by atoms with Crippen LogP contribution in [-0.4, -0.2) is 22.1 Å². The third kappa shape index (κ3) is 1.44. The number of carbonyl (C=O) groups excluding carboxylic acids is 1. The molecule has 1 aromatic heterocycles. The van der Waals surface area contributed by atoms with Crippen molar-refractivity contribution in [1.82, 2.24) is 15.5 Å². The van der Waals surface area contributed by atoms with Gasteiger partial charge in [0.1, 0.15) is 0 Å². The lowest BCUT2D eigenvalue weighted by molar-refractivity contribution is 0.0915. The molecule has 0 aromatic carbocycles. The first-order chi connectivity index (χ1) is 5.75. The van der Waals surface area contributed by atoms with Crippen molar-refractivity contribution in [3.63, 3.8) is 0 Å². The normalized spacial score (nSPS) is 16.1. The summed E-state index contributed by atoms with van der Waals surface area (Å²) in [6.45, 7) is 1.65. The third-order valence-electron chi connectivity index (χ3n) is 1.63. The molecule has 1 saturated carbocycles. The van der Waals surface area contributed by atoms with Crippen LogP contribution in [0.2, 0.25) is 0 Å². The van der Waals surface area contributed by atoms with Gasteiger partial charge >= 0.3 is 11.8 Å². The highest BCUT2D eigenvalue weighted by molar-refractivity contribution is 5.89. The van der Waals surface area contributed by atoms with Crippen molar-refractivity contribution >= 4 is 5.91 Å². The van der Waals surface area contributed by atoms with Crippen LogP contribution < -0.4 is 5.32 Å². The molecule has 1 fully saturated rings. The van der Waals surface area contributed by atoms with E-state index in [1.54, 1.807) is 6.92 Å². The Labute approximate surface area is 69.2 Å². The second-order valence-corrected chi connectivity index (χ2v) is 2.87. The fourth-order valence-corrected chi connectivity index (χ4v) is 0.863. The molecule has 0 spiro atoms. The SMILES string of the molecule is Cc1nnc(C(=O)NC2CC2)o1. The topological polar surface area (TPSA) is 68.0 Å². The van der Waals surface area contributed by atoms with Gasteiger partial charge in [0.15, 0.2) is 0 Å². The van der Waals surface area contributed by atoms with Crippen LogP contribution in [0.1, 0.15) is 29.4 Å². The summed E-state index contributed by atoms with van der Waals surface area (Å²) in [5.41, 5.74) is 0. The van der Waals surface area contributed by atoms with Gasteiger partial charge in [-0.2, -0.15) is 0 Å². The second-order valence-electron chi connectivity index (χ2n) is 2.87. The van der Waals surface area contributed by atoms with Gasteiger partial charge < -0.3 is 9.73 Å². The molecule has 1 amide bonds. The van der Waals surface area contributed by atoms with Gasteiger partial charge in [-0.1, -0.05) is 0 Å². The van der Waals surface area contributed by atoms with E-state index < -0.39 is 0 Å². The summed E-state index contributed by atoms with van der Waals surface area (Å²) in [6, 6.07) is 0.324. The Balaban J connectivity index is 2.03. The number of aryl methyl sites for hydroxylation is 1. The molecule has 5 nitrogen and oxygen atoms in total. The van der Waals surface area contributed by atoms with E-state index in [0.29, 0.717) is 11.9 Å². The smallest absolute Gasteiger partial charge is 0.309 e. The van der Waals surface area contributed by atoms with Crippen LogP contribution in [0, 0.1) is 6.92 Å². The van der Waals surface area contributed by atoms with Crippen LogP contribution in [0.5, 0.6) is 0 Å². The molecule has 1 heterocycles. The number of aromatic nitrogens is 2. The van der Waals surface area contributed by atoms with Gasteiger partial charge in [-0.25, -0.2) is 0 Å². The molecule has 0 aliphatic heterocycles. The Morgan fingerprint density at radius 2 is 2.33 bits per heavy atom. The van der Waals surface area contributed by atoms with Crippen LogP contribution in [-0.2, 0) is 0 Å². The molecule has 1 N–H and O–H groups in total. The summed E-state index contributed by atoms with van der Waals surface area (Å²) >= 11 is 0. The average molecular weight is 167 g/mol. The van der Waals surface area contributed by atoms with Gasteiger partial charge in [-0.3, -0.25) is 4.79 Å². The second kappa shape index (κ2) is 2.58. The third-order valence-corrected chi connectivity index (χ3v) is 1.63. The van der Waals surface area contributed by atoms with E-state index in [9.17, 15) is 4.79 Å². The summed E-state index contributed by atoms with van der Waals surface area (Å²) < 4.78 is 4.94. The molecule has 0 radical (unpaired) electrons. The molecule has 0 unspecified atom stereocenters. The molecular formula is C7H9N3O2. The minimum absolute atomic E-state index is 0.0550. The molecular weight excluding hydrogens is 158 g/mol. The highest BCUT2D eigenvalue weighted by Gasteiger charge is 2.25. The molecule has 2 rings (SSSR count). The highest BCUT2D eigenvalue weighted by atomic mass is 16.4. The van der Waals surface area contributed by atoms with Crippen molar-refractivity contribution in [3.8, 4) is 0 Å². The maximum absolute atomic E-state index is 11.2.